The van der Waals surface area contributed by atoms with Crippen LogP contribution >= 0.6 is 0 Å². The highest BCUT2D eigenvalue weighted by atomic mass is 16.6. The molecule has 3 atom stereocenters. The number of aryl methyl sites for hydroxylation is 1. The van der Waals surface area contributed by atoms with E-state index in [0.29, 0.717) is 31.5 Å². The van der Waals surface area contributed by atoms with Gasteiger partial charge >= 0.3 is 12.2 Å². The van der Waals surface area contributed by atoms with Crippen LogP contribution in [0.15, 0.2) is 78.9 Å². The molecule has 3 aromatic rings. The summed E-state index contributed by atoms with van der Waals surface area (Å²) in [5.41, 5.74) is 1.49. The van der Waals surface area contributed by atoms with Crippen molar-refractivity contribution in [2.24, 2.45) is 5.92 Å². The second-order valence-corrected chi connectivity index (χ2v) is 12.3. The number of benzene rings is 3. The summed E-state index contributed by atoms with van der Waals surface area (Å²) in [4.78, 5) is 39.5. The van der Waals surface area contributed by atoms with E-state index in [4.69, 9.17) is 9.47 Å². The van der Waals surface area contributed by atoms with Crippen LogP contribution in [0.3, 0.4) is 0 Å². The van der Waals surface area contributed by atoms with Crippen LogP contribution in [0.4, 0.5) is 9.59 Å². The van der Waals surface area contributed by atoms with Gasteiger partial charge in [-0.1, -0.05) is 79.7 Å². The van der Waals surface area contributed by atoms with E-state index in [1.165, 1.54) is 6.92 Å². The SMILES string of the molecule is COC(=O)N[C@](NC(=O)OC(C)(C)C)(C(=O)N[C@@H](CCc1ccccc1)CNCc1ccc(-c2ccccc2C#N)cc1)C(C)CO. The molecule has 0 saturated carbocycles. The minimum absolute atomic E-state index is 0.353. The molecule has 0 aliphatic heterocycles. The van der Waals surface area contributed by atoms with Crippen LogP contribution in [0.5, 0.6) is 0 Å². The van der Waals surface area contributed by atoms with Gasteiger partial charge in [-0.15, -0.1) is 0 Å². The Balaban J connectivity index is 1.81. The Morgan fingerprint density at radius 1 is 0.894 bits per heavy atom. The Bertz CT molecular complexity index is 1520. The van der Waals surface area contributed by atoms with Crippen molar-refractivity contribution in [2.45, 2.75) is 64.4 Å². The van der Waals surface area contributed by atoms with E-state index in [-0.39, 0.29) is 0 Å². The number of rotatable bonds is 14. The summed E-state index contributed by atoms with van der Waals surface area (Å²) in [5, 5.41) is 30.9. The van der Waals surface area contributed by atoms with Gasteiger partial charge in [0.15, 0.2) is 0 Å². The summed E-state index contributed by atoms with van der Waals surface area (Å²) in [7, 11) is 1.14. The lowest BCUT2D eigenvalue weighted by molar-refractivity contribution is -0.133. The number of methoxy groups -OCH3 is 1. The quantitative estimate of drug-likeness (QED) is 0.159. The van der Waals surface area contributed by atoms with Crippen LogP contribution < -0.4 is 21.3 Å². The number of nitrogens with zero attached hydrogens (tertiary/aromatic N) is 1. The van der Waals surface area contributed by atoms with Gasteiger partial charge in [-0.05, 0) is 61.9 Å². The molecule has 3 rings (SSSR count). The molecule has 0 heterocycles. The van der Waals surface area contributed by atoms with Crippen LogP contribution in [0.25, 0.3) is 11.1 Å². The molecular formula is C36H45N5O6. The summed E-state index contributed by atoms with van der Waals surface area (Å²) >= 11 is 0. The van der Waals surface area contributed by atoms with Gasteiger partial charge in [0.05, 0.1) is 25.3 Å². The zero-order valence-electron chi connectivity index (χ0n) is 27.6. The number of aliphatic hydroxyl groups excluding tert-OH is 1. The number of carbonyl (C=O) groups excluding carboxylic acids is 3. The van der Waals surface area contributed by atoms with Crippen molar-refractivity contribution in [1.29, 1.82) is 5.26 Å². The Hall–Kier alpha value is -4.92. The average molecular weight is 644 g/mol. The lowest BCUT2D eigenvalue weighted by Gasteiger charge is -2.39. The predicted octanol–water partition coefficient (Wildman–Crippen LogP) is 4.64. The van der Waals surface area contributed by atoms with Crippen LogP contribution in [-0.2, 0) is 27.2 Å². The molecule has 0 bridgehead atoms. The van der Waals surface area contributed by atoms with E-state index in [0.717, 1.165) is 29.4 Å². The first kappa shape index (κ1) is 36.5. The molecule has 0 aromatic heterocycles. The molecule has 0 spiro atoms. The minimum Gasteiger partial charge on any atom is -0.453 e. The summed E-state index contributed by atoms with van der Waals surface area (Å²) in [6, 6.07) is 26.9. The molecule has 0 aliphatic rings. The van der Waals surface area contributed by atoms with Gasteiger partial charge in [0.2, 0.25) is 5.66 Å². The van der Waals surface area contributed by atoms with Crippen LogP contribution in [-0.4, -0.2) is 60.8 Å². The van der Waals surface area contributed by atoms with Crippen molar-refractivity contribution in [3.8, 4) is 17.2 Å². The normalized spacial score (nSPS) is 13.6. The van der Waals surface area contributed by atoms with E-state index in [9.17, 15) is 24.8 Å². The van der Waals surface area contributed by atoms with Gasteiger partial charge in [-0.3, -0.25) is 15.4 Å². The average Bonchev–Trinajstić information content (AvgIpc) is 3.06. The fourth-order valence-electron chi connectivity index (χ4n) is 4.96. The second kappa shape index (κ2) is 17.1. The Morgan fingerprint density at radius 3 is 2.15 bits per heavy atom. The molecule has 11 heteroatoms. The standard InChI is InChI=1S/C36H45N5O6/c1-25(24-42)36(40-33(44)46-5,41-34(45)47-35(2,3)4)32(43)39-30(20-17-26-11-7-6-8-12-26)23-38-22-27-15-18-28(19-16-27)31-14-10-9-13-29(31)21-37/h6-16,18-19,25,30,38,42H,17,20,22-24H2,1-5H3,(H,39,43)(H,40,44)(H,41,45)/t25?,30-,36+/m0/s1. The van der Waals surface area contributed by atoms with Crippen molar-refractivity contribution >= 4 is 18.1 Å². The van der Waals surface area contributed by atoms with Gasteiger partial charge in [0, 0.05) is 25.0 Å². The maximum absolute atomic E-state index is 14.1. The molecule has 1 unspecified atom stereocenters. The van der Waals surface area contributed by atoms with Crippen LogP contribution in [0.1, 0.15) is 50.8 Å². The number of hydrogen-bond donors (Lipinski definition) is 5. The molecule has 11 nitrogen and oxygen atoms in total. The number of carbonyl (C=O) groups is 3. The third kappa shape index (κ3) is 10.8. The number of ether oxygens (including phenoxy) is 2. The molecule has 0 fully saturated rings. The molecular weight excluding hydrogens is 598 g/mol. The first-order valence-electron chi connectivity index (χ1n) is 15.5. The molecule has 47 heavy (non-hydrogen) atoms. The van der Waals surface area contributed by atoms with Gasteiger partial charge in [-0.2, -0.15) is 5.26 Å². The molecule has 5 N–H and O–H groups in total. The van der Waals surface area contributed by atoms with Gasteiger partial charge in [0.25, 0.3) is 5.91 Å². The van der Waals surface area contributed by atoms with Crippen LogP contribution in [0, 0.1) is 17.2 Å². The van der Waals surface area contributed by atoms with Gasteiger partial charge < -0.3 is 25.2 Å². The summed E-state index contributed by atoms with van der Waals surface area (Å²) < 4.78 is 10.2. The van der Waals surface area contributed by atoms with Gasteiger partial charge in [0.1, 0.15) is 5.60 Å². The Labute approximate surface area is 276 Å². The number of aliphatic hydroxyl groups is 1. The van der Waals surface area contributed by atoms with Crippen molar-refractivity contribution in [3.05, 3.63) is 95.6 Å². The summed E-state index contributed by atoms with van der Waals surface area (Å²) in [5.74, 6) is -1.71. The maximum atomic E-state index is 14.1. The Kier molecular flexibility index (Phi) is 13.3. The van der Waals surface area contributed by atoms with E-state index in [1.54, 1.807) is 26.8 Å². The molecule has 3 aromatic carbocycles. The first-order valence-corrected chi connectivity index (χ1v) is 15.5. The molecule has 3 amide bonds. The largest absolute Gasteiger partial charge is 0.453 e. The van der Waals surface area contributed by atoms with E-state index >= 15 is 0 Å². The predicted molar refractivity (Wildman–Crippen MR) is 179 cm³/mol. The topological polar surface area (TPSA) is 162 Å². The molecule has 0 saturated heterocycles. The van der Waals surface area contributed by atoms with E-state index < -0.39 is 47.9 Å². The number of nitriles is 1. The fraction of sp³-hybridized carbons (Fsp3) is 0.389. The van der Waals surface area contributed by atoms with Crippen molar-refractivity contribution < 1.29 is 29.0 Å². The monoisotopic (exact) mass is 643 g/mol. The lowest BCUT2D eigenvalue weighted by Crippen LogP contribution is -2.73. The minimum atomic E-state index is -2.09. The summed E-state index contributed by atoms with van der Waals surface area (Å²) in [6.07, 6.45) is -0.756. The Morgan fingerprint density at radius 2 is 1.53 bits per heavy atom. The number of amides is 3. The first-order chi connectivity index (χ1) is 22.4. The van der Waals surface area contributed by atoms with Crippen LogP contribution in [0.2, 0.25) is 0 Å². The highest BCUT2D eigenvalue weighted by Gasteiger charge is 2.48. The summed E-state index contributed by atoms with van der Waals surface area (Å²) in [6.45, 7) is 6.82. The van der Waals surface area contributed by atoms with Crippen molar-refractivity contribution in [2.75, 3.05) is 20.3 Å². The van der Waals surface area contributed by atoms with E-state index in [1.807, 2.05) is 72.8 Å². The highest BCUT2D eigenvalue weighted by molar-refractivity contribution is 5.93. The maximum Gasteiger partial charge on any atom is 0.409 e. The van der Waals surface area contributed by atoms with Crippen molar-refractivity contribution in [1.82, 2.24) is 21.3 Å². The smallest absolute Gasteiger partial charge is 0.409 e. The fourth-order valence-corrected chi connectivity index (χ4v) is 4.96. The van der Waals surface area contributed by atoms with E-state index in [2.05, 4.69) is 27.3 Å². The second-order valence-electron chi connectivity index (χ2n) is 12.3. The zero-order chi connectivity index (χ0) is 34.5. The van der Waals surface area contributed by atoms with Gasteiger partial charge in [-0.25, -0.2) is 9.59 Å². The molecule has 0 radical (unpaired) electrons. The highest BCUT2D eigenvalue weighted by Crippen LogP contribution is 2.24. The number of alkyl carbamates (subject to hydrolysis) is 2. The molecule has 0 aliphatic carbocycles. The van der Waals surface area contributed by atoms with Crippen molar-refractivity contribution in [3.63, 3.8) is 0 Å². The lowest BCUT2D eigenvalue weighted by atomic mass is 9.92. The zero-order valence-corrected chi connectivity index (χ0v) is 27.6. The number of hydrogen-bond acceptors (Lipinski definition) is 8. The third-order valence-electron chi connectivity index (χ3n) is 7.55. The third-order valence-corrected chi connectivity index (χ3v) is 7.55. The molecule has 250 valence electrons. The number of nitrogens with one attached hydrogen (secondary N) is 4.